The fraction of sp³-hybridized carbons (Fsp3) is 0.316. The Labute approximate surface area is 153 Å². The average Bonchev–Trinajstić information content (AvgIpc) is 2.67. The fourth-order valence-corrected chi connectivity index (χ4v) is 2.93. The Morgan fingerprint density at radius 3 is 2.24 bits per heavy atom. The van der Waals surface area contributed by atoms with Crippen LogP contribution in [0.1, 0.15) is 5.56 Å². The Balaban J connectivity index is 1.58. The molecule has 1 saturated heterocycles. The smallest absolute Gasteiger partial charge is 0.161 e. The molecule has 1 aliphatic rings. The van der Waals surface area contributed by atoms with Gasteiger partial charge in [0.05, 0.1) is 33.5 Å². The molecule has 5 nitrogen and oxygen atoms in total. The lowest BCUT2D eigenvalue weighted by atomic mass is 10.2. The van der Waals surface area contributed by atoms with Crippen molar-refractivity contribution in [1.82, 2.24) is 5.01 Å². The molecular weight excluding hydrogens is 338 g/mol. The van der Waals surface area contributed by atoms with Crippen LogP contribution in [0.5, 0.6) is 11.5 Å². The van der Waals surface area contributed by atoms with Crippen LogP contribution in [0.15, 0.2) is 47.6 Å². The molecule has 25 heavy (non-hydrogen) atoms. The largest absolute Gasteiger partial charge is 0.493 e. The highest BCUT2D eigenvalue weighted by molar-refractivity contribution is 6.30. The van der Waals surface area contributed by atoms with E-state index in [4.69, 9.17) is 21.1 Å². The van der Waals surface area contributed by atoms with E-state index >= 15 is 0 Å². The number of methoxy groups -OCH3 is 2. The zero-order valence-electron chi connectivity index (χ0n) is 14.5. The molecule has 0 amide bonds. The molecule has 6 heteroatoms. The molecule has 1 fully saturated rings. The normalized spacial score (nSPS) is 14.8. The molecular formula is C19H22ClN3O2. The van der Waals surface area contributed by atoms with Gasteiger partial charge in [-0.3, -0.25) is 5.01 Å². The van der Waals surface area contributed by atoms with Crippen molar-refractivity contribution in [2.24, 2.45) is 5.10 Å². The lowest BCUT2D eigenvalue weighted by molar-refractivity contribution is 0.272. The molecule has 2 aromatic carbocycles. The number of anilines is 1. The van der Waals surface area contributed by atoms with Crippen LogP contribution in [0.4, 0.5) is 5.69 Å². The van der Waals surface area contributed by atoms with Crippen LogP contribution in [0.3, 0.4) is 0 Å². The van der Waals surface area contributed by atoms with Crippen LogP contribution in [0, 0.1) is 0 Å². The maximum atomic E-state index is 5.95. The molecule has 2 aromatic rings. The summed E-state index contributed by atoms with van der Waals surface area (Å²) in [6.45, 7) is 3.63. The van der Waals surface area contributed by atoms with Gasteiger partial charge in [0.15, 0.2) is 11.5 Å². The Kier molecular flexibility index (Phi) is 5.66. The van der Waals surface area contributed by atoms with Crippen molar-refractivity contribution in [3.05, 3.63) is 53.1 Å². The van der Waals surface area contributed by atoms with Gasteiger partial charge in [0.2, 0.25) is 0 Å². The minimum Gasteiger partial charge on any atom is -0.493 e. The monoisotopic (exact) mass is 359 g/mol. The molecule has 0 spiro atoms. The summed E-state index contributed by atoms with van der Waals surface area (Å²) in [6, 6.07) is 13.8. The predicted octanol–water partition coefficient (Wildman–Crippen LogP) is 3.51. The first-order chi connectivity index (χ1) is 12.2. The van der Waals surface area contributed by atoms with Gasteiger partial charge in [-0.25, -0.2) is 0 Å². The summed E-state index contributed by atoms with van der Waals surface area (Å²) >= 11 is 5.95. The molecule has 0 radical (unpaired) electrons. The summed E-state index contributed by atoms with van der Waals surface area (Å²) in [6.07, 6.45) is 1.86. The van der Waals surface area contributed by atoms with Gasteiger partial charge in [-0.1, -0.05) is 11.6 Å². The number of nitrogens with zero attached hydrogens (tertiary/aromatic N) is 3. The molecule has 3 rings (SSSR count). The first kappa shape index (κ1) is 17.4. The van der Waals surface area contributed by atoms with E-state index in [1.165, 1.54) is 5.69 Å². The van der Waals surface area contributed by atoms with Crippen LogP contribution < -0.4 is 14.4 Å². The van der Waals surface area contributed by atoms with E-state index in [9.17, 15) is 0 Å². The predicted molar refractivity (Wildman–Crippen MR) is 102 cm³/mol. The van der Waals surface area contributed by atoms with Crippen LogP contribution in [-0.2, 0) is 0 Å². The summed E-state index contributed by atoms with van der Waals surface area (Å²) in [5.74, 6) is 1.43. The topological polar surface area (TPSA) is 37.3 Å². The molecule has 1 heterocycles. The van der Waals surface area contributed by atoms with Crippen molar-refractivity contribution in [2.75, 3.05) is 45.3 Å². The van der Waals surface area contributed by atoms with E-state index in [1.807, 2.05) is 36.5 Å². The fourth-order valence-electron chi connectivity index (χ4n) is 2.80. The van der Waals surface area contributed by atoms with Crippen molar-refractivity contribution >= 4 is 23.5 Å². The maximum absolute atomic E-state index is 5.95. The molecule has 0 atom stereocenters. The summed E-state index contributed by atoms with van der Waals surface area (Å²) in [4.78, 5) is 2.35. The van der Waals surface area contributed by atoms with Gasteiger partial charge >= 0.3 is 0 Å². The number of benzene rings is 2. The molecule has 0 saturated carbocycles. The highest BCUT2D eigenvalue weighted by atomic mass is 35.5. The second-order valence-electron chi connectivity index (χ2n) is 5.78. The minimum atomic E-state index is 0.707. The van der Waals surface area contributed by atoms with Gasteiger partial charge < -0.3 is 14.4 Å². The SMILES string of the molecule is COc1ccc(/C=N/N2CCN(c3ccc(Cl)cc3)CC2)cc1OC. The van der Waals surface area contributed by atoms with Gasteiger partial charge in [0.1, 0.15) is 0 Å². The molecule has 0 aliphatic carbocycles. The van der Waals surface area contributed by atoms with Crippen molar-refractivity contribution in [3.8, 4) is 11.5 Å². The van der Waals surface area contributed by atoms with Gasteiger partial charge in [-0.2, -0.15) is 5.10 Å². The second kappa shape index (κ2) is 8.12. The minimum absolute atomic E-state index is 0.707. The Morgan fingerprint density at radius 1 is 0.920 bits per heavy atom. The number of hydrazone groups is 1. The highest BCUT2D eigenvalue weighted by Crippen LogP contribution is 2.27. The number of halogens is 1. The number of hydrogen-bond donors (Lipinski definition) is 0. The number of hydrogen-bond acceptors (Lipinski definition) is 5. The molecule has 0 aromatic heterocycles. The zero-order valence-corrected chi connectivity index (χ0v) is 15.2. The van der Waals surface area contributed by atoms with Crippen LogP contribution in [0.25, 0.3) is 0 Å². The molecule has 0 bridgehead atoms. The number of ether oxygens (including phenoxy) is 2. The van der Waals surface area contributed by atoms with E-state index < -0.39 is 0 Å². The third-order valence-electron chi connectivity index (χ3n) is 4.23. The van der Waals surface area contributed by atoms with Crippen LogP contribution >= 0.6 is 11.6 Å². The van der Waals surface area contributed by atoms with Crippen molar-refractivity contribution < 1.29 is 9.47 Å². The lowest BCUT2D eigenvalue weighted by Gasteiger charge is -2.34. The Hall–Kier alpha value is -2.40. The van der Waals surface area contributed by atoms with Crippen molar-refractivity contribution in [1.29, 1.82) is 0 Å². The van der Waals surface area contributed by atoms with Crippen LogP contribution in [0.2, 0.25) is 5.02 Å². The molecule has 0 unspecified atom stereocenters. The zero-order chi connectivity index (χ0) is 17.6. The van der Waals surface area contributed by atoms with E-state index in [0.717, 1.165) is 42.5 Å². The van der Waals surface area contributed by atoms with E-state index in [0.29, 0.717) is 5.75 Å². The summed E-state index contributed by atoms with van der Waals surface area (Å²) in [5, 5.41) is 7.44. The Morgan fingerprint density at radius 2 is 1.60 bits per heavy atom. The van der Waals surface area contributed by atoms with E-state index in [1.54, 1.807) is 14.2 Å². The first-order valence-electron chi connectivity index (χ1n) is 8.21. The molecule has 0 N–H and O–H groups in total. The van der Waals surface area contributed by atoms with Gasteiger partial charge in [-0.15, -0.1) is 0 Å². The number of piperazine rings is 1. The Bertz CT molecular complexity index is 726. The highest BCUT2D eigenvalue weighted by Gasteiger charge is 2.15. The summed E-state index contributed by atoms with van der Waals surface area (Å²) in [7, 11) is 3.26. The maximum Gasteiger partial charge on any atom is 0.161 e. The molecule has 1 aliphatic heterocycles. The summed E-state index contributed by atoms with van der Waals surface area (Å²) in [5.41, 5.74) is 2.19. The van der Waals surface area contributed by atoms with Gasteiger partial charge in [-0.05, 0) is 48.0 Å². The van der Waals surface area contributed by atoms with Crippen molar-refractivity contribution in [2.45, 2.75) is 0 Å². The van der Waals surface area contributed by atoms with Gasteiger partial charge in [0, 0.05) is 23.8 Å². The third kappa shape index (κ3) is 4.37. The number of rotatable bonds is 5. The average molecular weight is 360 g/mol. The first-order valence-corrected chi connectivity index (χ1v) is 8.59. The summed E-state index contributed by atoms with van der Waals surface area (Å²) < 4.78 is 10.6. The lowest BCUT2D eigenvalue weighted by Crippen LogP contribution is -2.44. The second-order valence-corrected chi connectivity index (χ2v) is 6.21. The quantitative estimate of drug-likeness (QED) is 0.765. The third-order valence-corrected chi connectivity index (χ3v) is 4.48. The van der Waals surface area contributed by atoms with Gasteiger partial charge in [0.25, 0.3) is 0 Å². The van der Waals surface area contributed by atoms with Crippen LogP contribution in [-0.4, -0.2) is 51.6 Å². The van der Waals surface area contributed by atoms with E-state index in [-0.39, 0.29) is 0 Å². The van der Waals surface area contributed by atoms with Crippen molar-refractivity contribution in [3.63, 3.8) is 0 Å². The standard InChI is InChI=1S/C19H22ClN3O2/c1-24-18-8-3-15(13-19(18)25-2)14-21-23-11-9-22(10-12-23)17-6-4-16(20)5-7-17/h3-8,13-14H,9-12H2,1-2H3/b21-14+. The van der Waals surface area contributed by atoms with E-state index in [2.05, 4.69) is 27.1 Å². The molecule has 132 valence electrons.